The summed E-state index contributed by atoms with van der Waals surface area (Å²) < 4.78 is 59.1. The largest absolute Gasteiger partial charge is 0.490 e. The number of fused-ring (bicyclic) bond motifs is 2. The summed E-state index contributed by atoms with van der Waals surface area (Å²) >= 11 is 1.78. The number of carbonyl (C=O) groups is 10. The summed E-state index contributed by atoms with van der Waals surface area (Å²) in [4.78, 5) is 189. The van der Waals surface area contributed by atoms with Crippen molar-refractivity contribution in [1.29, 1.82) is 0 Å². The molecule has 5 fully saturated rings. The van der Waals surface area contributed by atoms with E-state index >= 15 is 0 Å². The number of aliphatic hydroxyl groups is 1. The van der Waals surface area contributed by atoms with Crippen molar-refractivity contribution in [2.75, 3.05) is 50.3 Å². The van der Waals surface area contributed by atoms with Crippen LogP contribution < -0.4 is 43.2 Å². The molecule has 0 saturated carbocycles. The number of nitrogens with one attached hydrogen (secondary N) is 7. The number of carboxylic acids is 3. The molecule has 0 aliphatic carbocycles. The van der Waals surface area contributed by atoms with Gasteiger partial charge < -0.3 is 101 Å². The molecule has 2 aromatic rings. The third kappa shape index (κ3) is 23.9. The molecule has 7 rings (SSSR count). The van der Waals surface area contributed by atoms with Gasteiger partial charge in [-0.1, -0.05) is 39.8 Å². The molecule has 5 aliphatic rings. The molecule has 550 valence electrons. The van der Waals surface area contributed by atoms with Gasteiger partial charge in [-0.15, -0.1) is 0 Å². The maximum atomic E-state index is 14.7. The fourth-order valence-electron chi connectivity index (χ4n) is 11.7. The number of carbonyl (C=O) groups excluding carboxylic acids is 7. The molecule has 13 atom stereocenters. The molecule has 5 aliphatic heterocycles. The molecule has 99 heavy (non-hydrogen) atoms. The van der Waals surface area contributed by atoms with E-state index in [0.29, 0.717) is 19.3 Å². The molecule has 39 nitrogen and oxygen atoms in total. The number of hydrogen-bond acceptors (Lipinski definition) is 25. The van der Waals surface area contributed by atoms with E-state index in [1.165, 1.54) is 42.2 Å². The lowest BCUT2D eigenvalue weighted by Crippen LogP contribution is -2.58. The third-order valence-electron chi connectivity index (χ3n) is 16.1. The molecule has 10 unspecified atom stereocenters. The molecule has 17 N–H and O–H groups in total. The van der Waals surface area contributed by atoms with Crippen molar-refractivity contribution in [2.24, 2.45) is 0 Å². The number of anilines is 1. The minimum Gasteiger partial charge on any atom is -0.481 e. The number of amides is 8. The third-order valence-corrected chi connectivity index (χ3v) is 24.4. The average Bonchev–Trinajstić information content (AvgIpc) is 1.61. The number of rotatable bonds is 37. The van der Waals surface area contributed by atoms with Crippen molar-refractivity contribution in [2.45, 2.75) is 181 Å². The van der Waals surface area contributed by atoms with Gasteiger partial charge in [0.15, 0.2) is 5.65 Å². The Kier molecular flexibility index (Phi) is 28.6. The average molecular weight is 1520 g/mol. The Morgan fingerprint density at radius 3 is 2.21 bits per heavy atom. The SMILES string of the molecule is CC(C)(CC(=O)N1CCCC1C(=O)NC(CCCCNC(=O)CCCC[C@@H]1SC[C@@H]2NC(=O)N[C@@H]21)C(=O)N1CCCC1C(=O)NC(CC(=O)O)C(=O)NC(CC(=O)O)C(=O)O)SSCOCC#Cc1cn(C2CC(O)C(COP(=O)(O)OP(=O)(O)OP(=O)(O)O)O2)c2nc(N)[nH]c(=O)c12. The van der Waals surface area contributed by atoms with E-state index in [1.54, 1.807) is 25.6 Å². The van der Waals surface area contributed by atoms with Crippen LogP contribution in [0.3, 0.4) is 0 Å². The Labute approximate surface area is 576 Å². The molecule has 7 heterocycles. The van der Waals surface area contributed by atoms with Crippen LogP contribution in [0.5, 0.6) is 0 Å². The van der Waals surface area contributed by atoms with Crippen LogP contribution in [0.4, 0.5) is 10.7 Å². The van der Waals surface area contributed by atoms with E-state index in [1.807, 2.05) is 5.32 Å². The van der Waals surface area contributed by atoms with Crippen molar-refractivity contribution in [3.63, 3.8) is 0 Å². The van der Waals surface area contributed by atoms with Crippen LogP contribution in [0.2, 0.25) is 0 Å². The van der Waals surface area contributed by atoms with Crippen molar-refractivity contribution >= 4 is 133 Å². The number of H-pyrrole nitrogens is 1. The summed E-state index contributed by atoms with van der Waals surface area (Å²) in [7, 11) is -14.5. The lowest BCUT2D eigenvalue weighted by Gasteiger charge is -2.32. The van der Waals surface area contributed by atoms with Crippen molar-refractivity contribution < 1.29 is 124 Å². The summed E-state index contributed by atoms with van der Waals surface area (Å²) in [5, 5.41) is 55.0. The van der Waals surface area contributed by atoms with E-state index in [4.69, 9.17) is 30.1 Å². The summed E-state index contributed by atoms with van der Waals surface area (Å²) in [6.07, 6.45) is -1.00. The van der Waals surface area contributed by atoms with E-state index in [-0.39, 0.29) is 141 Å². The minimum atomic E-state index is -5.83. The van der Waals surface area contributed by atoms with Crippen LogP contribution in [-0.2, 0) is 79.5 Å². The molecule has 0 radical (unpaired) electrons. The predicted molar refractivity (Wildman–Crippen MR) is 349 cm³/mol. The zero-order valence-corrected chi connectivity index (χ0v) is 58.4. The normalized spacial score (nSPS) is 23.5. The van der Waals surface area contributed by atoms with E-state index in [2.05, 4.69) is 61.5 Å². The Morgan fingerprint density at radius 1 is 0.869 bits per heavy atom. The monoisotopic (exact) mass is 1520 g/mol. The number of aliphatic hydroxyl groups excluding tert-OH is 1. The Bertz CT molecular complexity index is 3630. The fourth-order valence-corrected chi connectivity index (χ4v) is 18.4. The summed E-state index contributed by atoms with van der Waals surface area (Å²) in [5.74, 6) is -2.96. The van der Waals surface area contributed by atoms with Gasteiger partial charge in [0.25, 0.3) is 5.56 Å². The zero-order valence-electron chi connectivity index (χ0n) is 53.3. The van der Waals surface area contributed by atoms with Gasteiger partial charge in [-0.05, 0) is 71.6 Å². The molecule has 0 aromatic carbocycles. The first-order valence-electron chi connectivity index (χ1n) is 31.0. The minimum absolute atomic E-state index is 0.00238. The highest BCUT2D eigenvalue weighted by Crippen LogP contribution is 2.66. The topological polar surface area (TPSA) is 585 Å². The Morgan fingerprint density at radius 2 is 1.54 bits per heavy atom. The number of nitrogens with two attached hydrogens (primary N) is 1. The number of urea groups is 1. The number of nitrogens with zero attached hydrogens (tertiary/aromatic N) is 4. The second-order valence-electron chi connectivity index (χ2n) is 24.2. The second-order valence-corrected chi connectivity index (χ2v) is 32.8. The van der Waals surface area contributed by atoms with Gasteiger partial charge in [-0.3, -0.25) is 52.7 Å². The summed E-state index contributed by atoms with van der Waals surface area (Å²) in [5.41, 5.74) is 5.19. The Hall–Kier alpha value is -6.38. The second kappa shape index (κ2) is 35.5. The van der Waals surface area contributed by atoms with Crippen LogP contribution in [-0.4, -0.2) is 233 Å². The number of aromatic nitrogens is 3. The Balaban J connectivity index is 0.925. The quantitative estimate of drug-likeness (QED) is 0.0103. The van der Waals surface area contributed by atoms with E-state index in [9.17, 15) is 91.5 Å². The maximum absolute atomic E-state index is 14.7. The molecular formula is C54H79N12O27P3S3. The van der Waals surface area contributed by atoms with Gasteiger partial charge in [0.1, 0.15) is 55.1 Å². The van der Waals surface area contributed by atoms with Gasteiger partial charge in [0.05, 0.1) is 48.6 Å². The molecular weight excluding hydrogens is 1440 g/mol. The van der Waals surface area contributed by atoms with Crippen LogP contribution in [0.15, 0.2) is 11.0 Å². The molecule has 0 spiro atoms. The number of likely N-dealkylation sites (tertiary alicyclic amines) is 2. The number of phosphoric acid groups is 3. The van der Waals surface area contributed by atoms with Crippen LogP contribution in [0, 0.1) is 11.8 Å². The number of hydrogen-bond donors (Lipinski definition) is 16. The number of ether oxygens (including phenoxy) is 2. The number of nitrogen functional groups attached to an aromatic ring is 1. The summed E-state index contributed by atoms with van der Waals surface area (Å²) in [6.45, 7) is 2.87. The summed E-state index contributed by atoms with van der Waals surface area (Å²) in [6, 6.07) is -7.54. The zero-order chi connectivity index (χ0) is 72.7. The highest BCUT2D eigenvalue weighted by molar-refractivity contribution is 8.77. The predicted octanol–water partition coefficient (Wildman–Crippen LogP) is -0.343. The number of phosphoric ester groups is 1. The lowest BCUT2D eigenvalue weighted by atomic mass is 10.0. The van der Waals surface area contributed by atoms with Crippen LogP contribution in [0.1, 0.15) is 122 Å². The van der Waals surface area contributed by atoms with Gasteiger partial charge in [0, 0.05) is 60.8 Å². The molecule has 8 amide bonds. The van der Waals surface area contributed by atoms with E-state index in [0.717, 1.165) is 18.6 Å². The first-order valence-corrected chi connectivity index (χ1v) is 38.9. The number of unbranched alkanes of at least 4 members (excludes halogenated alkanes) is 2. The molecule has 5 saturated heterocycles. The highest BCUT2D eigenvalue weighted by Gasteiger charge is 2.46. The van der Waals surface area contributed by atoms with Gasteiger partial charge in [-0.2, -0.15) is 25.4 Å². The number of aliphatic carboxylic acids is 3. The van der Waals surface area contributed by atoms with Crippen molar-refractivity contribution in [3.05, 3.63) is 22.1 Å². The molecule has 2 aromatic heterocycles. The van der Waals surface area contributed by atoms with Crippen molar-refractivity contribution in [3.8, 4) is 11.8 Å². The van der Waals surface area contributed by atoms with Gasteiger partial charge in [0.2, 0.25) is 41.4 Å². The smallest absolute Gasteiger partial charge is 0.481 e. The molecule has 0 bridgehead atoms. The maximum Gasteiger partial charge on any atom is 0.490 e. The number of carboxylic acid groups (broad SMARTS) is 3. The van der Waals surface area contributed by atoms with Crippen molar-refractivity contribution in [1.82, 2.24) is 56.2 Å². The first-order chi connectivity index (χ1) is 46.5. The molecule has 45 heteroatoms. The van der Waals surface area contributed by atoms with Crippen LogP contribution in [0.25, 0.3) is 11.0 Å². The number of thioether (sulfide) groups is 1. The van der Waals surface area contributed by atoms with Crippen LogP contribution >= 0.6 is 56.8 Å². The fraction of sp³-hybridized carbons (Fsp3) is 0.667. The highest BCUT2D eigenvalue weighted by atomic mass is 33.1. The lowest BCUT2D eigenvalue weighted by molar-refractivity contribution is -0.148. The number of aromatic amines is 1. The van der Waals surface area contributed by atoms with Gasteiger partial charge >= 0.3 is 47.4 Å². The first kappa shape index (κ1) is 79.9. The van der Waals surface area contributed by atoms with E-state index < -0.39 is 143 Å². The standard InChI is InChI=1S/C54H79N12O27P3S3/c1-54(2,99-98-27-89-19-9-10-28-24-66(45-43(28)49(77)63-52(55)62-45)40-22-35(67)36(91-40)25-90-95(85,86)93-96(87,88)92-94(82,83)84)23-39(69)64-17-7-12-33(64)47(75)57-29(11-5-6-16-56-38(68)15-4-3-14-37-44-32(26-97-37)60-53(81)61-44)50(78)65-18-8-13-34(65)48(76)58-30(20-41(70)71)46(74)59-31(51(79)80)21-42(72)73/h24,29-37,40,44,67H,3-8,11-23,25-27H2,1-2H3,(H,56,68)(H,57,75)(H,58,76)(H,59,74)(H,70,71)(H,72,73)(H,79,80)(H,85,86)(H,87,88)(H2,60,61,81)(H2,82,83,84)(H3,55,62,63,77)/t29?,30?,31?,32-,33?,34?,35?,36?,37-,40?,44-/m0/s1. The van der Waals surface area contributed by atoms with Gasteiger partial charge in [-0.25, -0.2) is 23.3 Å².